The van der Waals surface area contributed by atoms with Crippen LogP contribution in [0.2, 0.25) is 5.02 Å². The molecule has 21 heavy (non-hydrogen) atoms. The van der Waals surface area contributed by atoms with Gasteiger partial charge in [-0.25, -0.2) is 4.39 Å². The van der Waals surface area contributed by atoms with E-state index < -0.39 is 0 Å². The van der Waals surface area contributed by atoms with E-state index >= 15 is 0 Å². The van der Waals surface area contributed by atoms with Crippen molar-refractivity contribution in [3.63, 3.8) is 0 Å². The summed E-state index contributed by atoms with van der Waals surface area (Å²) >= 11 is 6.05. The predicted molar refractivity (Wildman–Crippen MR) is 84.6 cm³/mol. The van der Waals surface area contributed by atoms with Crippen LogP contribution in [0.4, 0.5) is 4.39 Å². The van der Waals surface area contributed by atoms with Crippen LogP contribution >= 0.6 is 11.6 Å². The van der Waals surface area contributed by atoms with Gasteiger partial charge in [-0.1, -0.05) is 29.3 Å². The molecular formula is C17H19ClFNO. The third kappa shape index (κ3) is 3.74. The van der Waals surface area contributed by atoms with E-state index in [1.807, 2.05) is 32.2 Å². The molecule has 4 heteroatoms. The summed E-state index contributed by atoms with van der Waals surface area (Å²) in [4.78, 5) is 0. The fourth-order valence-corrected chi connectivity index (χ4v) is 2.62. The molecule has 0 aliphatic rings. The second-order valence-corrected chi connectivity index (χ2v) is 5.46. The molecule has 1 unspecified atom stereocenters. The van der Waals surface area contributed by atoms with Gasteiger partial charge < -0.3 is 10.1 Å². The number of aryl methyl sites for hydroxylation is 1. The molecule has 0 amide bonds. The van der Waals surface area contributed by atoms with Crippen molar-refractivity contribution in [2.45, 2.75) is 19.4 Å². The number of methoxy groups -OCH3 is 1. The molecule has 0 aliphatic heterocycles. The summed E-state index contributed by atoms with van der Waals surface area (Å²) < 4.78 is 19.4. The lowest BCUT2D eigenvalue weighted by atomic mass is 9.96. The second kappa shape index (κ2) is 6.92. The number of hydrogen-bond acceptors (Lipinski definition) is 2. The van der Waals surface area contributed by atoms with Gasteiger partial charge in [0.05, 0.1) is 7.11 Å². The quantitative estimate of drug-likeness (QED) is 0.889. The van der Waals surface area contributed by atoms with Gasteiger partial charge in [0, 0.05) is 16.6 Å². The minimum Gasteiger partial charge on any atom is -0.496 e. The molecule has 0 aliphatic carbocycles. The van der Waals surface area contributed by atoms with Gasteiger partial charge in [-0.15, -0.1) is 0 Å². The van der Waals surface area contributed by atoms with Crippen LogP contribution in [0.25, 0.3) is 0 Å². The Kier molecular flexibility index (Phi) is 5.21. The standard InChI is InChI=1S/C17H19ClFNO/c1-11-4-6-15(19)14(8-11)16(20-2)10-12-9-13(18)5-7-17(12)21-3/h4-9,16,20H,10H2,1-3H3. The minimum atomic E-state index is -0.207. The zero-order valence-corrected chi connectivity index (χ0v) is 13.2. The molecule has 0 saturated heterocycles. The first kappa shape index (κ1) is 15.8. The van der Waals surface area contributed by atoms with Crippen molar-refractivity contribution < 1.29 is 9.13 Å². The van der Waals surface area contributed by atoms with Gasteiger partial charge in [0.15, 0.2) is 0 Å². The molecule has 2 aromatic rings. The first-order valence-electron chi connectivity index (χ1n) is 6.81. The van der Waals surface area contributed by atoms with E-state index in [9.17, 15) is 4.39 Å². The summed E-state index contributed by atoms with van der Waals surface area (Å²) in [6.07, 6.45) is 0.598. The molecule has 2 aromatic carbocycles. The lowest BCUT2D eigenvalue weighted by Gasteiger charge is -2.19. The Morgan fingerprint density at radius 3 is 2.67 bits per heavy atom. The highest BCUT2D eigenvalue weighted by Gasteiger charge is 2.17. The van der Waals surface area contributed by atoms with Crippen molar-refractivity contribution >= 4 is 11.6 Å². The molecule has 0 spiro atoms. The number of halogens is 2. The third-order valence-electron chi connectivity index (χ3n) is 3.54. The predicted octanol–water partition coefficient (Wildman–Crippen LogP) is 4.30. The molecular weight excluding hydrogens is 289 g/mol. The summed E-state index contributed by atoms with van der Waals surface area (Å²) in [6, 6.07) is 10.5. The monoisotopic (exact) mass is 307 g/mol. The maximum absolute atomic E-state index is 14.1. The molecule has 0 fully saturated rings. The van der Waals surface area contributed by atoms with Gasteiger partial charge in [0.25, 0.3) is 0 Å². The van der Waals surface area contributed by atoms with Crippen LogP contribution in [-0.4, -0.2) is 14.2 Å². The molecule has 0 aromatic heterocycles. The minimum absolute atomic E-state index is 0.141. The molecule has 0 radical (unpaired) electrons. The summed E-state index contributed by atoms with van der Waals surface area (Å²) in [7, 11) is 3.44. The summed E-state index contributed by atoms with van der Waals surface area (Å²) in [5, 5.41) is 3.81. The van der Waals surface area contributed by atoms with Crippen molar-refractivity contribution in [1.29, 1.82) is 0 Å². The smallest absolute Gasteiger partial charge is 0.128 e. The van der Waals surface area contributed by atoms with Crippen molar-refractivity contribution in [1.82, 2.24) is 5.32 Å². The van der Waals surface area contributed by atoms with E-state index in [4.69, 9.17) is 16.3 Å². The normalized spacial score (nSPS) is 12.2. The van der Waals surface area contributed by atoms with Crippen LogP contribution in [0.15, 0.2) is 36.4 Å². The van der Waals surface area contributed by atoms with Crippen LogP contribution < -0.4 is 10.1 Å². The summed E-state index contributed by atoms with van der Waals surface area (Å²) in [5.41, 5.74) is 2.63. The first-order chi connectivity index (χ1) is 10.0. The van der Waals surface area contributed by atoms with Gasteiger partial charge in [0.2, 0.25) is 0 Å². The maximum Gasteiger partial charge on any atom is 0.128 e. The average molecular weight is 308 g/mol. The molecule has 0 saturated carbocycles. The molecule has 112 valence electrons. The van der Waals surface area contributed by atoms with Gasteiger partial charge in [-0.3, -0.25) is 0 Å². The Morgan fingerprint density at radius 1 is 1.24 bits per heavy atom. The highest BCUT2D eigenvalue weighted by molar-refractivity contribution is 6.30. The zero-order valence-electron chi connectivity index (χ0n) is 12.4. The van der Waals surface area contributed by atoms with E-state index in [-0.39, 0.29) is 11.9 Å². The van der Waals surface area contributed by atoms with Crippen LogP contribution in [0, 0.1) is 12.7 Å². The summed E-state index contributed by atoms with van der Waals surface area (Å²) in [5.74, 6) is 0.550. The van der Waals surface area contributed by atoms with Gasteiger partial charge in [-0.2, -0.15) is 0 Å². The molecule has 2 nitrogen and oxygen atoms in total. The van der Waals surface area contributed by atoms with Crippen LogP contribution in [0.1, 0.15) is 22.7 Å². The molecule has 1 atom stereocenters. The zero-order chi connectivity index (χ0) is 15.4. The van der Waals surface area contributed by atoms with Crippen molar-refractivity contribution in [2.75, 3.05) is 14.2 Å². The fraction of sp³-hybridized carbons (Fsp3) is 0.294. The number of nitrogens with one attached hydrogen (secondary N) is 1. The van der Waals surface area contributed by atoms with Crippen LogP contribution in [0.5, 0.6) is 5.75 Å². The molecule has 0 bridgehead atoms. The number of likely N-dealkylation sites (N-methyl/N-ethyl adjacent to an activating group) is 1. The fourth-order valence-electron chi connectivity index (χ4n) is 2.42. The Morgan fingerprint density at radius 2 is 2.00 bits per heavy atom. The number of hydrogen-bond donors (Lipinski definition) is 1. The first-order valence-corrected chi connectivity index (χ1v) is 7.18. The Labute approximate surface area is 129 Å². The number of rotatable bonds is 5. The van der Waals surface area contributed by atoms with E-state index in [0.717, 1.165) is 16.9 Å². The molecule has 2 rings (SSSR count). The SMILES string of the molecule is CNC(Cc1cc(Cl)ccc1OC)c1cc(C)ccc1F. The summed E-state index contributed by atoms with van der Waals surface area (Å²) in [6.45, 7) is 1.95. The topological polar surface area (TPSA) is 21.3 Å². The molecule has 0 heterocycles. The van der Waals surface area contributed by atoms with Crippen LogP contribution in [-0.2, 0) is 6.42 Å². The van der Waals surface area contributed by atoms with Crippen molar-refractivity contribution in [3.8, 4) is 5.75 Å². The van der Waals surface area contributed by atoms with E-state index in [2.05, 4.69) is 5.32 Å². The number of benzene rings is 2. The molecule has 1 N–H and O–H groups in total. The Hall–Kier alpha value is -1.58. The second-order valence-electron chi connectivity index (χ2n) is 5.03. The third-order valence-corrected chi connectivity index (χ3v) is 3.78. The van der Waals surface area contributed by atoms with Crippen molar-refractivity contribution in [3.05, 3.63) is 63.9 Å². The highest BCUT2D eigenvalue weighted by Crippen LogP contribution is 2.29. The van der Waals surface area contributed by atoms with E-state index in [1.54, 1.807) is 19.2 Å². The Bertz CT molecular complexity index is 630. The lowest BCUT2D eigenvalue weighted by molar-refractivity contribution is 0.406. The van der Waals surface area contributed by atoms with E-state index in [0.29, 0.717) is 17.0 Å². The van der Waals surface area contributed by atoms with Gasteiger partial charge in [-0.05, 0) is 50.2 Å². The van der Waals surface area contributed by atoms with E-state index in [1.165, 1.54) is 6.07 Å². The van der Waals surface area contributed by atoms with Gasteiger partial charge in [0.1, 0.15) is 11.6 Å². The van der Waals surface area contributed by atoms with Crippen molar-refractivity contribution in [2.24, 2.45) is 0 Å². The van der Waals surface area contributed by atoms with Crippen LogP contribution in [0.3, 0.4) is 0 Å². The maximum atomic E-state index is 14.1. The lowest BCUT2D eigenvalue weighted by Crippen LogP contribution is -2.20. The largest absolute Gasteiger partial charge is 0.496 e. The van der Waals surface area contributed by atoms with Gasteiger partial charge >= 0.3 is 0 Å². The highest BCUT2D eigenvalue weighted by atomic mass is 35.5. The Balaban J connectivity index is 2.35. The average Bonchev–Trinajstić information content (AvgIpc) is 2.47. The number of ether oxygens (including phenoxy) is 1.